The van der Waals surface area contributed by atoms with Gasteiger partial charge in [-0.05, 0) is 37.0 Å². The van der Waals surface area contributed by atoms with E-state index in [9.17, 15) is 9.18 Å². The number of hydrogen-bond donors (Lipinski definition) is 1. The molecule has 1 atom stereocenters. The molecular formula is C20H23FN4O. The van der Waals surface area contributed by atoms with Gasteiger partial charge in [0.1, 0.15) is 5.82 Å². The molecule has 1 fully saturated rings. The van der Waals surface area contributed by atoms with Crippen LogP contribution in [0.15, 0.2) is 30.5 Å². The molecule has 136 valence electrons. The molecule has 4 rings (SSSR count). The predicted molar refractivity (Wildman–Crippen MR) is 95.9 cm³/mol. The molecule has 2 aliphatic heterocycles. The van der Waals surface area contributed by atoms with Gasteiger partial charge < -0.3 is 10.2 Å². The average molecular weight is 354 g/mol. The second-order valence-electron chi connectivity index (χ2n) is 7.03. The molecule has 0 spiro atoms. The van der Waals surface area contributed by atoms with Crippen molar-refractivity contribution >= 4 is 5.91 Å². The molecule has 1 N–H and O–H groups in total. The molecule has 0 unspecified atom stereocenters. The first-order valence-corrected chi connectivity index (χ1v) is 9.30. The van der Waals surface area contributed by atoms with Crippen molar-refractivity contribution < 1.29 is 9.18 Å². The van der Waals surface area contributed by atoms with Crippen molar-refractivity contribution in [1.82, 2.24) is 20.2 Å². The summed E-state index contributed by atoms with van der Waals surface area (Å²) in [5, 5.41) is 3.32. The number of carbonyl (C=O) groups excluding carboxylic acids is 1. The van der Waals surface area contributed by atoms with E-state index in [0.29, 0.717) is 12.1 Å². The highest BCUT2D eigenvalue weighted by molar-refractivity contribution is 5.79. The molecule has 0 bridgehead atoms. The molecule has 1 amide bonds. The Morgan fingerprint density at radius 1 is 1.35 bits per heavy atom. The van der Waals surface area contributed by atoms with Crippen LogP contribution in [0.3, 0.4) is 0 Å². The molecule has 2 aliphatic rings. The SMILES string of the molecule is O=C(Cc1cccc(F)c1)N1CCCC[C@H]1c1ncc2c(n1)CCNC2. The van der Waals surface area contributed by atoms with Crippen LogP contribution >= 0.6 is 0 Å². The molecule has 0 radical (unpaired) electrons. The number of carbonyl (C=O) groups is 1. The zero-order chi connectivity index (χ0) is 17.9. The molecular weight excluding hydrogens is 331 g/mol. The second-order valence-corrected chi connectivity index (χ2v) is 7.03. The van der Waals surface area contributed by atoms with E-state index in [1.54, 1.807) is 12.1 Å². The van der Waals surface area contributed by atoms with Crippen LogP contribution in [-0.4, -0.2) is 33.9 Å². The van der Waals surface area contributed by atoms with Crippen molar-refractivity contribution in [3.8, 4) is 0 Å². The van der Waals surface area contributed by atoms with Gasteiger partial charge in [0, 0.05) is 43.5 Å². The predicted octanol–water partition coefficient (Wildman–Crippen LogP) is 2.56. The number of halogens is 1. The average Bonchev–Trinajstić information content (AvgIpc) is 2.67. The number of rotatable bonds is 3. The van der Waals surface area contributed by atoms with E-state index >= 15 is 0 Å². The highest BCUT2D eigenvalue weighted by Gasteiger charge is 2.30. The lowest BCUT2D eigenvalue weighted by molar-refractivity contribution is -0.134. The Kier molecular flexibility index (Phi) is 4.93. The standard InChI is InChI=1S/C20H23FN4O/c21-16-5-3-4-14(10-16)11-19(26)25-9-2-1-6-18(25)20-23-13-15-12-22-8-7-17(15)24-20/h3-5,10,13,18,22H,1-2,6-9,11-12H2/t18-/m0/s1. The third-order valence-corrected chi connectivity index (χ3v) is 5.19. The Hall–Kier alpha value is -2.34. The van der Waals surface area contributed by atoms with E-state index in [2.05, 4.69) is 10.3 Å². The van der Waals surface area contributed by atoms with Crippen molar-refractivity contribution in [3.63, 3.8) is 0 Å². The molecule has 1 aromatic carbocycles. The van der Waals surface area contributed by atoms with E-state index < -0.39 is 0 Å². The first-order chi connectivity index (χ1) is 12.7. The van der Waals surface area contributed by atoms with Gasteiger partial charge in [-0.1, -0.05) is 12.1 Å². The zero-order valence-electron chi connectivity index (χ0n) is 14.7. The maximum atomic E-state index is 13.4. The largest absolute Gasteiger partial charge is 0.332 e. The molecule has 5 nitrogen and oxygen atoms in total. The van der Waals surface area contributed by atoms with Crippen LogP contribution in [-0.2, 0) is 24.2 Å². The smallest absolute Gasteiger partial charge is 0.227 e. The van der Waals surface area contributed by atoms with Crippen LogP contribution in [0, 0.1) is 5.82 Å². The van der Waals surface area contributed by atoms with Crippen molar-refractivity contribution in [1.29, 1.82) is 0 Å². The van der Waals surface area contributed by atoms with Crippen LogP contribution in [0.1, 0.15) is 47.9 Å². The summed E-state index contributed by atoms with van der Waals surface area (Å²) in [7, 11) is 0. The Morgan fingerprint density at radius 2 is 2.27 bits per heavy atom. The molecule has 3 heterocycles. The topological polar surface area (TPSA) is 58.1 Å². The third kappa shape index (κ3) is 3.60. The third-order valence-electron chi connectivity index (χ3n) is 5.19. The quantitative estimate of drug-likeness (QED) is 0.920. The normalized spacial score (nSPS) is 19.9. The van der Waals surface area contributed by atoms with Crippen LogP contribution in [0.2, 0.25) is 0 Å². The lowest BCUT2D eigenvalue weighted by Crippen LogP contribution is -2.40. The van der Waals surface area contributed by atoms with E-state index in [-0.39, 0.29) is 24.2 Å². The van der Waals surface area contributed by atoms with E-state index in [0.717, 1.165) is 55.9 Å². The fraction of sp³-hybridized carbons (Fsp3) is 0.450. The number of nitrogens with zero attached hydrogens (tertiary/aromatic N) is 3. The molecule has 2 aromatic rings. The first kappa shape index (κ1) is 17.1. The summed E-state index contributed by atoms with van der Waals surface area (Å²) in [6.07, 6.45) is 5.94. The van der Waals surface area contributed by atoms with Gasteiger partial charge in [-0.2, -0.15) is 0 Å². The van der Waals surface area contributed by atoms with Gasteiger partial charge in [-0.25, -0.2) is 14.4 Å². The molecule has 1 saturated heterocycles. The first-order valence-electron chi connectivity index (χ1n) is 9.30. The van der Waals surface area contributed by atoms with Gasteiger partial charge in [-0.3, -0.25) is 4.79 Å². The Morgan fingerprint density at radius 3 is 3.15 bits per heavy atom. The summed E-state index contributed by atoms with van der Waals surface area (Å²) in [6, 6.07) is 6.19. The highest BCUT2D eigenvalue weighted by Crippen LogP contribution is 2.30. The molecule has 0 aliphatic carbocycles. The summed E-state index contributed by atoms with van der Waals surface area (Å²) >= 11 is 0. The van der Waals surface area contributed by atoms with Gasteiger partial charge in [0.05, 0.1) is 12.5 Å². The number of nitrogens with one attached hydrogen (secondary N) is 1. The summed E-state index contributed by atoms with van der Waals surface area (Å²) in [5.74, 6) is 0.457. The Balaban J connectivity index is 1.55. The van der Waals surface area contributed by atoms with Gasteiger partial charge in [0.25, 0.3) is 0 Å². The number of amides is 1. The summed E-state index contributed by atoms with van der Waals surface area (Å²) < 4.78 is 13.4. The Bertz CT molecular complexity index is 810. The lowest BCUT2D eigenvalue weighted by Gasteiger charge is -2.35. The number of benzene rings is 1. The minimum absolute atomic E-state index is 0.0169. The van der Waals surface area contributed by atoms with Crippen LogP contribution in [0.4, 0.5) is 4.39 Å². The number of aromatic nitrogens is 2. The maximum Gasteiger partial charge on any atom is 0.227 e. The lowest BCUT2D eigenvalue weighted by atomic mass is 9.99. The molecule has 1 aromatic heterocycles. The van der Waals surface area contributed by atoms with Gasteiger partial charge in [-0.15, -0.1) is 0 Å². The van der Waals surface area contributed by atoms with E-state index in [1.807, 2.05) is 11.1 Å². The summed E-state index contributed by atoms with van der Waals surface area (Å²) in [5.41, 5.74) is 2.95. The van der Waals surface area contributed by atoms with Crippen LogP contribution in [0.5, 0.6) is 0 Å². The van der Waals surface area contributed by atoms with Crippen molar-refractivity contribution in [2.45, 2.75) is 44.7 Å². The van der Waals surface area contributed by atoms with Crippen LogP contribution < -0.4 is 5.32 Å². The number of piperidine rings is 1. The van der Waals surface area contributed by atoms with Gasteiger partial charge in [0.2, 0.25) is 5.91 Å². The van der Waals surface area contributed by atoms with Gasteiger partial charge in [0.15, 0.2) is 5.82 Å². The van der Waals surface area contributed by atoms with E-state index in [1.165, 1.54) is 12.1 Å². The molecule has 0 saturated carbocycles. The van der Waals surface area contributed by atoms with Crippen molar-refractivity contribution in [3.05, 3.63) is 58.9 Å². The molecule has 26 heavy (non-hydrogen) atoms. The number of fused-ring (bicyclic) bond motifs is 1. The minimum Gasteiger partial charge on any atom is -0.332 e. The second kappa shape index (κ2) is 7.50. The van der Waals surface area contributed by atoms with Crippen molar-refractivity contribution in [2.24, 2.45) is 0 Å². The van der Waals surface area contributed by atoms with Gasteiger partial charge >= 0.3 is 0 Å². The van der Waals surface area contributed by atoms with Crippen molar-refractivity contribution in [2.75, 3.05) is 13.1 Å². The monoisotopic (exact) mass is 354 g/mol. The fourth-order valence-corrected chi connectivity index (χ4v) is 3.83. The minimum atomic E-state index is -0.308. The fourth-order valence-electron chi connectivity index (χ4n) is 3.83. The zero-order valence-corrected chi connectivity index (χ0v) is 14.7. The number of hydrogen-bond acceptors (Lipinski definition) is 4. The van der Waals surface area contributed by atoms with Crippen LogP contribution in [0.25, 0.3) is 0 Å². The number of likely N-dealkylation sites (tertiary alicyclic amines) is 1. The summed E-state index contributed by atoms with van der Waals surface area (Å²) in [4.78, 5) is 24.1. The molecule has 6 heteroatoms. The van der Waals surface area contributed by atoms with E-state index in [4.69, 9.17) is 4.98 Å². The summed E-state index contributed by atoms with van der Waals surface area (Å²) in [6.45, 7) is 2.44. The highest BCUT2D eigenvalue weighted by atomic mass is 19.1. The Labute approximate surface area is 152 Å². The maximum absolute atomic E-state index is 13.4.